The first-order valence-electron chi connectivity index (χ1n) is 11.5. The van der Waals surface area contributed by atoms with Crippen LogP contribution in [0.4, 0.5) is 0 Å². The minimum Gasteiger partial charge on any atom is -0.481 e. The van der Waals surface area contributed by atoms with Crippen molar-refractivity contribution in [1.29, 1.82) is 0 Å². The van der Waals surface area contributed by atoms with Crippen molar-refractivity contribution in [2.75, 3.05) is 19.9 Å². The zero-order valence-corrected chi connectivity index (χ0v) is 20.3. The number of hydrogen-bond donors (Lipinski definition) is 2. The summed E-state index contributed by atoms with van der Waals surface area (Å²) in [6, 6.07) is -0.709. The Bertz CT molecular complexity index is 960. The zero-order chi connectivity index (χ0) is 25.5. The molecule has 0 saturated carbocycles. The molecule has 1 aliphatic heterocycles. The Labute approximate surface area is 206 Å². The smallest absolute Gasteiger partial charge is 0.305 e. The molecule has 35 heavy (non-hydrogen) atoms. The van der Waals surface area contributed by atoms with E-state index in [-0.39, 0.29) is 19.8 Å². The van der Waals surface area contributed by atoms with Crippen LogP contribution in [0.2, 0.25) is 0 Å². The van der Waals surface area contributed by atoms with E-state index in [0.717, 1.165) is 24.0 Å². The minimum absolute atomic E-state index is 0.197. The molecule has 0 aromatic carbocycles. The fourth-order valence-corrected chi connectivity index (χ4v) is 3.53. The summed E-state index contributed by atoms with van der Waals surface area (Å²) < 4.78 is 10.4. The summed E-state index contributed by atoms with van der Waals surface area (Å²) in [6.45, 7) is 4.12. The van der Waals surface area contributed by atoms with E-state index in [1.807, 2.05) is 25.2 Å². The highest BCUT2D eigenvalue weighted by atomic mass is 16.7. The summed E-state index contributed by atoms with van der Waals surface area (Å²) >= 11 is 0. The molecule has 1 saturated heterocycles. The molecule has 1 atom stereocenters. The molecule has 8 heteroatoms. The van der Waals surface area contributed by atoms with Crippen LogP contribution in [0, 0.1) is 0 Å². The molecule has 1 heterocycles. The second-order valence-corrected chi connectivity index (χ2v) is 8.18. The standard InChI is InChI=1S/C27H34N2O6/c1-3-23(12-13-24-18-34-20-35-24)25(16-27(32)33)28-26(31)17-29(19-30)14-8-9-21(2)15-22-10-6-4-5-7-11-22/h3-4,6-11,13-14,19,25H,5,12,15-18,20H2,1-2H3,(H,28,31)(H,32,33)/b14-8-,21-9+,23-3+,24-13+. The lowest BCUT2D eigenvalue weighted by Gasteiger charge is -2.21. The van der Waals surface area contributed by atoms with Crippen molar-refractivity contribution >= 4 is 18.3 Å². The first kappa shape index (κ1) is 27.6. The highest BCUT2D eigenvalue weighted by molar-refractivity contribution is 5.81. The van der Waals surface area contributed by atoms with Crippen molar-refractivity contribution in [3.05, 3.63) is 83.4 Å². The molecule has 0 radical (unpaired) electrons. The van der Waals surface area contributed by atoms with Crippen LogP contribution in [0.3, 0.4) is 0 Å². The third-order valence-electron chi connectivity index (χ3n) is 5.32. The SMILES string of the molecule is C/C=C(\C/C=C1\COCO1)C(CC(=O)O)NC(=O)CN(C=O)/C=C\C=C(/C)CC1=CC=CCC=C1. The van der Waals surface area contributed by atoms with Crippen LogP contribution in [-0.2, 0) is 23.9 Å². The summed E-state index contributed by atoms with van der Waals surface area (Å²) in [7, 11) is 0. The number of carboxylic acids is 1. The summed E-state index contributed by atoms with van der Waals surface area (Å²) in [5.41, 5.74) is 3.03. The molecule has 188 valence electrons. The van der Waals surface area contributed by atoms with Crippen LogP contribution < -0.4 is 5.32 Å². The van der Waals surface area contributed by atoms with Gasteiger partial charge >= 0.3 is 5.97 Å². The lowest BCUT2D eigenvalue weighted by atomic mass is 9.99. The van der Waals surface area contributed by atoms with Gasteiger partial charge in [0.1, 0.15) is 18.9 Å². The molecule has 0 aromatic rings. The Hall–Kier alpha value is -3.65. The summed E-state index contributed by atoms with van der Waals surface area (Å²) in [4.78, 5) is 36.7. The predicted octanol–water partition coefficient (Wildman–Crippen LogP) is 3.92. The average Bonchev–Trinajstić information content (AvgIpc) is 3.21. The maximum atomic E-state index is 12.6. The molecular formula is C27H34N2O6. The maximum absolute atomic E-state index is 12.6. The molecule has 8 nitrogen and oxygen atoms in total. The fourth-order valence-electron chi connectivity index (χ4n) is 3.53. The van der Waals surface area contributed by atoms with Crippen LogP contribution >= 0.6 is 0 Å². The topological polar surface area (TPSA) is 105 Å². The second kappa shape index (κ2) is 15.3. The van der Waals surface area contributed by atoms with Gasteiger partial charge in [0.2, 0.25) is 12.3 Å². The molecule has 1 aliphatic carbocycles. The number of nitrogens with zero attached hydrogens (tertiary/aromatic N) is 1. The Morgan fingerprint density at radius 1 is 1.31 bits per heavy atom. The van der Waals surface area contributed by atoms with Gasteiger partial charge in [-0.25, -0.2) is 0 Å². The molecule has 2 aliphatic rings. The monoisotopic (exact) mass is 482 g/mol. The van der Waals surface area contributed by atoms with Crippen molar-refractivity contribution in [2.45, 2.75) is 45.6 Å². The minimum atomic E-state index is -1.04. The van der Waals surface area contributed by atoms with Crippen molar-refractivity contribution in [1.82, 2.24) is 10.2 Å². The number of hydrogen-bond acceptors (Lipinski definition) is 5. The zero-order valence-electron chi connectivity index (χ0n) is 20.3. The average molecular weight is 483 g/mol. The predicted molar refractivity (Wildman–Crippen MR) is 134 cm³/mol. The molecule has 1 fully saturated rings. The molecule has 0 spiro atoms. The number of rotatable bonds is 13. The van der Waals surface area contributed by atoms with Gasteiger partial charge in [-0.2, -0.15) is 0 Å². The molecule has 2 rings (SSSR count). The number of carbonyl (C=O) groups is 3. The molecular weight excluding hydrogens is 448 g/mol. The Morgan fingerprint density at radius 2 is 2.14 bits per heavy atom. The van der Waals surface area contributed by atoms with Gasteiger partial charge in [0.15, 0.2) is 6.79 Å². The molecule has 1 unspecified atom stereocenters. The highest BCUT2D eigenvalue weighted by Gasteiger charge is 2.21. The van der Waals surface area contributed by atoms with Crippen molar-refractivity contribution in [2.24, 2.45) is 0 Å². The van der Waals surface area contributed by atoms with E-state index >= 15 is 0 Å². The first-order chi connectivity index (χ1) is 16.9. The number of amides is 2. The van der Waals surface area contributed by atoms with Crippen LogP contribution in [0.25, 0.3) is 0 Å². The van der Waals surface area contributed by atoms with Gasteiger partial charge in [-0.3, -0.25) is 14.4 Å². The van der Waals surface area contributed by atoms with E-state index in [1.165, 1.54) is 16.7 Å². The number of nitrogens with one attached hydrogen (secondary N) is 1. The molecule has 2 N–H and O–H groups in total. The summed E-state index contributed by atoms with van der Waals surface area (Å²) in [6.07, 6.45) is 21.5. The normalized spacial score (nSPS) is 18.2. The van der Waals surface area contributed by atoms with Gasteiger partial charge in [0, 0.05) is 6.20 Å². The Morgan fingerprint density at radius 3 is 2.83 bits per heavy atom. The third-order valence-corrected chi connectivity index (χ3v) is 5.32. The number of carboxylic acid groups (broad SMARTS) is 1. The summed E-state index contributed by atoms with van der Waals surface area (Å²) in [5, 5.41) is 12.1. The van der Waals surface area contributed by atoms with Crippen molar-refractivity contribution in [3.63, 3.8) is 0 Å². The van der Waals surface area contributed by atoms with Crippen LogP contribution in [-0.4, -0.2) is 54.3 Å². The van der Waals surface area contributed by atoms with Gasteiger partial charge in [-0.1, -0.05) is 48.1 Å². The van der Waals surface area contributed by atoms with Gasteiger partial charge in [0.05, 0.1) is 12.5 Å². The Balaban J connectivity index is 1.95. The van der Waals surface area contributed by atoms with Gasteiger partial charge < -0.3 is 24.8 Å². The number of carbonyl (C=O) groups excluding carboxylic acids is 2. The van der Waals surface area contributed by atoms with E-state index in [2.05, 4.69) is 29.6 Å². The lowest BCUT2D eigenvalue weighted by molar-refractivity contribution is -0.137. The number of allylic oxidation sites excluding steroid dienone is 11. The van der Waals surface area contributed by atoms with Crippen LogP contribution in [0.1, 0.15) is 39.5 Å². The highest BCUT2D eigenvalue weighted by Crippen LogP contribution is 2.17. The molecule has 0 aromatic heterocycles. The van der Waals surface area contributed by atoms with Crippen LogP contribution in [0.5, 0.6) is 0 Å². The van der Waals surface area contributed by atoms with E-state index < -0.39 is 17.9 Å². The fraction of sp³-hybridized carbons (Fsp3) is 0.370. The number of aliphatic carboxylic acids is 1. The van der Waals surface area contributed by atoms with E-state index in [9.17, 15) is 19.5 Å². The quantitative estimate of drug-likeness (QED) is 0.234. The lowest BCUT2D eigenvalue weighted by Crippen LogP contribution is -2.42. The van der Waals surface area contributed by atoms with E-state index in [4.69, 9.17) is 9.47 Å². The molecule has 0 bridgehead atoms. The van der Waals surface area contributed by atoms with E-state index in [0.29, 0.717) is 25.2 Å². The Kier molecular flexibility index (Phi) is 12.1. The van der Waals surface area contributed by atoms with E-state index in [1.54, 1.807) is 19.1 Å². The van der Waals surface area contributed by atoms with Crippen molar-refractivity contribution < 1.29 is 29.0 Å². The first-order valence-corrected chi connectivity index (χ1v) is 11.5. The maximum Gasteiger partial charge on any atom is 0.305 e. The summed E-state index contributed by atoms with van der Waals surface area (Å²) in [5.74, 6) is -0.820. The van der Waals surface area contributed by atoms with Gasteiger partial charge in [-0.05, 0) is 56.4 Å². The van der Waals surface area contributed by atoms with Gasteiger partial charge in [-0.15, -0.1) is 0 Å². The largest absolute Gasteiger partial charge is 0.481 e. The molecule has 2 amide bonds. The third kappa shape index (κ3) is 10.9. The van der Waals surface area contributed by atoms with Crippen molar-refractivity contribution in [3.8, 4) is 0 Å². The van der Waals surface area contributed by atoms with Crippen LogP contribution in [0.15, 0.2) is 83.4 Å². The van der Waals surface area contributed by atoms with Gasteiger partial charge in [0.25, 0.3) is 0 Å². The second-order valence-electron chi connectivity index (χ2n) is 8.18. The number of ether oxygens (including phenoxy) is 2.